The van der Waals surface area contributed by atoms with Crippen LogP contribution in [-0.4, -0.2) is 68.3 Å². The Kier molecular flexibility index (Phi) is 9.49. The molecule has 0 aliphatic carbocycles. The van der Waals surface area contributed by atoms with E-state index in [0.717, 1.165) is 51.8 Å². The summed E-state index contributed by atoms with van der Waals surface area (Å²) < 4.78 is 19.5. The van der Waals surface area contributed by atoms with Crippen LogP contribution in [-0.2, 0) is 17.8 Å². The number of nitrogens with zero attached hydrogens (tertiary/aromatic N) is 4. The maximum Gasteiger partial charge on any atom is 0.191 e. The van der Waals surface area contributed by atoms with E-state index in [-0.39, 0.29) is 35.8 Å². The zero-order chi connectivity index (χ0) is 21.5. The van der Waals surface area contributed by atoms with Crippen molar-refractivity contribution in [2.45, 2.75) is 25.6 Å². The van der Waals surface area contributed by atoms with Crippen molar-refractivity contribution in [1.82, 2.24) is 20.5 Å². The van der Waals surface area contributed by atoms with E-state index in [1.54, 1.807) is 19.3 Å². The summed E-state index contributed by atoms with van der Waals surface area (Å²) in [6.07, 6.45) is 2.54. The number of rotatable bonds is 6. The third kappa shape index (κ3) is 6.52. The number of aromatic nitrogens is 1. The molecule has 2 fully saturated rings. The van der Waals surface area contributed by atoms with Gasteiger partial charge in [0.15, 0.2) is 17.6 Å². The fourth-order valence-corrected chi connectivity index (χ4v) is 4.13. The van der Waals surface area contributed by atoms with Crippen molar-refractivity contribution in [2.75, 3.05) is 51.3 Å². The van der Waals surface area contributed by atoms with E-state index in [0.29, 0.717) is 18.9 Å². The molecular formula is C23H32FIN6O. The Morgan fingerprint density at radius 2 is 1.94 bits per heavy atom. The van der Waals surface area contributed by atoms with Crippen molar-refractivity contribution in [3.8, 4) is 0 Å². The zero-order valence-corrected chi connectivity index (χ0v) is 20.8. The van der Waals surface area contributed by atoms with Gasteiger partial charge in [-0.2, -0.15) is 0 Å². The number of nitrogens with one attached hydrogen (secondary N) is 2. The van der Waals surface area contributed by atoms with E-state index >= 15 is 0 Å². The lowest BCUT2D eigenvalue weighted by molar-refractivity contribution is 0.0341. The largest absolute Gasteiger partial charge is 0.379 e. The summed E-state index contributed by atoms with van der Waals surface area (Å²) in [5, 5.41) is 6.92. The lowest BCUT2D eigenvalue weighted by atomic mass is 10.1. The van der Waals surface area contributed by atoms with E-state index in [1.807, 2.05) is 4.90 Å². The molecule has 0 spiro atoms. The first-order valence-corrected chi connectivity index (χ1v) is 10.9. The molecule has 174 valence electrons. The first kappa shape index (κ1) is 24.7. The summed E-state index contributed by atoms with van der Waals surface area (Å²) in [5.41, 5.74) is 2.59. The second-order valence-corrected chi connectivity index (χ2v) is 7.97. The van der Waals surface area contributed by atoms with Crippen molar-refractivity contribution in [2.24, 2.45) is 4.99 Å². The van der Waals surface area contributed by atoms with Gasteiger partial charge in [0.25, 0.3) is 0 Å². The van der Waals surface area contributed by atoms with Crippen LogP contribution in [0.2, 0.25) is 0 Å². The van der Waals surface area contributed by atoms with Crippen molar-refractivity contribution in [3.05, 3.63) is 59.5 Å². The summed E-state index contributed by atoms with van der Waals surface area (Å²) >= 11 is 0. The summed E-state index contributed by atoms with van der Waals surface area (Å²) in [4.78, 5) is 13.0. The van der Waals surface area contributed by atoms with E-state index in [9.17, 15) is 4.39 Å². The first-order chi connectivity index (χ1) is 15.2. The lowest BCUT2D eigenvalue weighted by Gasteiger charge is -2.27. The van der Waals surface area contributed by atoms with Crippen molar-refractivity contribution >= 4 is 35.8 Å². The predicted octanol–water partition coefficient (Wildman–Crippen LogP) is 2.61. The number of benzene rings is 1. The standard InChI is InChI=1S/C23H31FN6O.HI/c1-25-23(28-20-8-10-30(17-20)22-21(24)7-4-9-26-22)27-15-18-5-2-3-6-19(18)16-29-11-13-31-14-12-29;/h2-7,9,20H,8,10-17H2,1H3,(H2,25,27,28);1H. The maximum atomic E-state index is 14.0. The average Bonchev–Trinajstić information content (AvgIpc) is 3.27. The maximum absolute atomic E-state index is 14.0. The van der Waals surface area contributed by atoms with Crippen molar-refractivity contribution in [3.63, 3.8) is 0 Å². The van der Waals surface area contributed by atoms with Gasteiger partial charge < -0.3 is 20.3 Å². The predicted molar refractivity (Wildman–Crippen MR) is 136 cm³/mol. The molecule has 9 heteroatoms. The summed E-state index contributed by atoms with van der Waals surface area (Å²) in [6.45, 7) is 6.65. The molecule has 0 radical (unpaired) electrons. The number of morpholine rings is 1. The van der Waals surface area contributed by atoms with Crippen LogP contribution in [0.1, 0.15) is 17.5 Å². The molecule has 3 heterocycles. The van der Waals surface area contributed by atoms with E-state index in [2.05, 4.69) is 49.8 Å². The third-order valence-electron chi connectivity index (χ3n) is 5.85. The van der Waals surface area contributed by atoms with Gasteiger partial charge in [-0.3, -0.25) is 9.89 Å². The third-order valence-corrected chi connectivity index (χ3v) is 5.85. The van der Waals surface area contributed by atoms with Crippen LogP contribution >= 0.6 is 24.0 Å². The second-order valence-electron chi connectivity index (χ2n) is 7.97. The molecule has 2 N–H and O–H groups in total. The molecule has 7 nitrogen and oxygen atoms in total. The molecule has 0 saturated carbocycles. The highest BCUT2D eigenvalue weighted by Crippen LogP contribution is 2.20. The number of anilines is 1. The number of halogens is 2. The molecule has 2 aliphatic rings. The van der Waals surface area contributed by atoms with Gasteiger partial charge in [-0.15, -0.1) is 24.0 Å². The van der Waals surface area contributed by atoms with Crippen LogP contribution in [0.15, 0.2) is 47.6 Å². The number of hydrogen-bond acceptors (Lipinski definition) is 5. The van der Waals surface area contributed by atoms with Crippen LogP contribution in [0.4, 0.5) is 10.2 Å². The second kappa shape index (κ2) is 12.3. The molecule has 4 rings (SSSR count). The van der Waals surface area contributed by atoms with Crippen LogP contribution in [0.25, 0.3) is 0 Å². The van der Waals surface area contributed by atoms with E-state index in [1.165, 1.54) is 17.2 Å². The molecule has 1 aromatic heterocycles. The topological polar surface area (TPSA) is 65.0 Å². The Balaban J connectivity index is 0.00000289. The van der Waals surface area contributed by atoms with Gasteiger partial charge >= 0.3 is 0 Å². The molecule has 2 aliphatic heterocycles. The molecule has 1 aromatic carbocycles. The number of pyridine rings is 1. The Labute approximate surface area is 206 Å². The fourth-order valence-electron chi connectivity index (χ4n) is 4.13. The summed E-state index contributed by atoms with van der Waals surface area (Å²) in [5.74, 6) is 0.906. The highest BCUT2D eigenvalue weighted by molar-refractivity contribution is 14.0. The van der Waals surface area contributed by atoms with E-state index in [4.69, 9.17) is 4.74 Å². The minimum absolute atomic E-state index is 0. The highest BCUT2D eigenvalue weighted by Gasteiger charge is 2.26. The van der Waals surface area contributed by atoms with Crippen LogP contribution in [0.5, 0.6) is 0 Å². The summed E-state index contributed by atoms with van der Waals surface area (Å²) in [7, 11) is 1.78. The number of guanidine groups is 1. The van der Waals surface area contributed by atoms with Gasteiger partial charge in [-0.1, -0.05) is 24.3 Å². The fraction of sp³-hybridized carbons (Fsp3) is 0.478. The highest BCUT2D eigenvalue weighted by atomic mass is 127. The quantitative estimate of drug-likeness (QED) is 0.326. The SMILES string of the molecule is CN=C(NCc1ccccc1CN1CCOCC1)NC1CCN(c2ncccc2F)C1.I. The van der Waals surface area contributed by atoms with Gasteiger partial charge in [0.05, 0.1) is 13.2 Å². The van der Waals surface area contributed by atoms with Crippen molar-refractivity contribution < 1.29 is 9.13 Å². The Bertz CT molecular complexity index is 892. The molecule has 2 saturated heterocycles. The first-order valence-electron chi connectivity index (χ1n) is 10.9. The smallest absolute Gasteiger partial charge is 0.191 e. The van der Waals surface area contributed by atoms with Gasteiger partial charge in [0, 0.05) is 58.6 Å². The monoisotopic (exact) mass is 554 g/mol. The average molecular weight is 554 g/mol. The number of ether oxygens (including phenoxy) is 1. The lowest BCUT2D eigenvalue weighted by Crippen LogP contribution is -2.44. The molecule has 32 heavy (non-hydrogen) atoms. The Morgan fingerprint density at radius 3 is 2.69 bits per heavy atom. The minimum Gasteiger partial charge on any atom is -0.379 e. The van der Waals surface area contributed by atoms with Gasteiger partial charge in [0.1, 0.15) is 0 Å². The van der Waals surface area contributed by atoms with Gasteiger partial charge in [-0.25, -0.2) is 9.37 Å². The molecule has 0 amide bonds. The van der Waals surface area contributed by atoms with E-state index < -0.39 is 0 Å². The minimum atomic E-state index is -0.275. The zero-order valence-electron chi connectivity index (χ0n) is 18.5. The van der Waals surface area contributed by atoms with Crippen molar-refractivity contribution in [1.29, 1.82) is 0 Å². The molecule has 1 atom stereocenters. The number of aliphatic imine (C=N–C) groups is 1. The molecule has 2 aromatic rings. The normalized spacial score (nSPS) is 19.5. The van der Waals surface area contributed by atoms with Crippen LogP contribution in [0.3, 0.4) is 0 Å². The molecule has 1 unspecified atom stereocenters. The molecular weight excluding hydrogens is 522 g/mol. The summed E-state index contributed by atoms with van der Waals surface area (Å²) in [6, 6.07) is 11.8. The van der Waals surface area contributed by atoms with Gasteiger partial charge in [0.2, 0.25) is 0 Å². The van der Waals surface area contributed by atoms with Crippen LogP contribution in [0, 0.1) is 5.82 Å². The Hall–Kier alpha value is -1.98. The number of hydrogen-bond donors (Lipinski definition) is 2. The molecule has 0 bridgehead atoms. The Morgan fingerprint density at radius 1 is 1.16 bits per heavy atom. The van der Waals surface area contributed by atoms with Gasteiger partial charge in [-0.05, 0) is 29.7 Å². The van der Waals surface area contributed by atoms with Crippen LogP contribution < -0.4 is 15.5 Å².